The van der Waals surface area contributed by atoms with E-state index in [1.54, 1.807) is 11.3 Å². The van der Waals surface area contributed by atoms with E-state index < -0.39 is 0 Å². The molecule has 3 heteroatoms. The van der Waals surface area contributed by atoms with Gasteiger partial charge >= 0.3 is 0 Å². The molecule has 1 aromatic carbocycles. The number of ether oxygens (including phenoxy) is 1. The molecular formula is C15H14O2S. The second-order valence-electron chi connectivity index (χ2n) is 4.66. The van der Waals surface area contributed by atoms with Gasteiger partial charge < -0.3 is 4.74 Å². The topological polar surface area (TPSA) is 26.3 Å². The van der Waals surface area contributed by atoms with E-state index in [9.17, 15) is 4.79 Å². The van der Waals surface area contributed by atoms with Gasteiger partial charge in [-0.05, 0) is 42.7 Å². The zero-order valence-corrected chi connectivity index (χ0v) is 11.3. The Morgan fingerprint density at radius 1 is 1.17 bits per heavy atom. The monoisotopic (exact) mass is 258 g/mol. The summed E-state index contributed by atoms with van der Waals surface area (Å²) in [5.41, 5.74) is 4.30. The lowest BCUT2D eigenvalue weighted by Gasteiger charge is -2.01. The summed E-state index contributed by atoms with van der Waals surface area (Å²) in [5, 5.41) is 0. The van der Waals surface area contributed by atoms with Crippen molar-refractivity contribution in [1.29, 1.82) is 0 Å². The van der Waals surface area contributed by atoms with Crippen LogP contribution >= 0.6 is 11.3 Å². The third kappa shape index (κ3) is 1.89. The number of hydrogen-bond acceptors (Lipinski definition) is 3. The van der Waals surface area contributed by atoms with Crippen LogP contribution in [-0.4, -0.2) is 5.78 Å². The van der Waals surface area contributed by atoms with Crippen LogP contribution in [0.15, 0.2) is 24.3 Å². The average molecular weight is 258 g/mol. The number of thiophene rings is 1. The van der Waals surface area contributed by atoms with Crippen LogP contribution in [0.5, 0.6) is 0 Å². The minimum atomic E-state index is 0.117. The normalized spacial score (nSPS) is 13.7. The Kier molecular flexibility index (Phi) is 2.80. The molecule has 0 amide bonds. The highest BCUT2D eigenvalue weighted by Gasteiger charge is 2.17. The van der Waals surface area contributed by atoms with E-state index in [1.807, 2.05) is 38.1 Å². The lowest BCUT2D eigenvalue weighted by atomic mass is 10.0. The van der Waals surface area contributed by atoms with E-state index in [0.717, 1.165) is 16.0 Å². The number of carbonyl (C=O) groups is 1. The molecule has 18 heavy (non-hydrogen) atoms. The molecule has 1 aliphatic rings. The fraction of sp³-hybridized carbons (Fsp3) is 0.267. The molecule has 3 rings (SSSR count). The summed E-state index contributed by atoms with van der Waals surface area (Å²) in [6, 6.07) is 7.85. The van der Waals surface area contributed by atoms with Crippen LogP contribution in [-0.2, 0) is 18.0 Å². The van der Waals surface area contributed by atoms with E-state index >= 15 is 0 Å². The van der Waals surface area contributed by atoms with Crippen molar-refractivity contribution in [3.63, 3.8) is 0 Å². The van der Waals surface area contributed by atoms with E-state index in [-0.39, 0.29) is 5.78 Å². The van der Waals surface area contributed by atoms with E-state index in [4.69, 9.17) is 4.74 Å². The molecule has 0 spiro atoms. The molecule has 0 saturated carbocycles. The molecular weight excluding hydrogens is 244 g/mol. The van der Waals surface area contributed by atoms with E-state index in [1.165, 1.54) is 16.0 Å². The third-order valence-electron chi connectivity index (χ3n) is 3.37. The molecule has 1 aliphatic heterocycles. The predicted octanol–water partition coefficient (Wildman–Crippen LogP) is 3.63. The largest absolute Gasteiger partial charge is 0.372 e. The average Bonchev–Trinajstić information content (AvgIpc) is 2.95. The molecule has 1 aromatic heterocycles. The lowest BCUT2D eigenvalue weighted by Crippen LogP contribution is -1.99. The summed E-state index contributed by atoms with van der Waals surface area (Å²) >= 11 is 1.57. The fourth-order valence-corrected chi connectivity index (χ4v) is 3.14. The summed E-state index contributed by atoms with van der Waals surface area (Å²) in [6.07, 6.45) is 0. The van der Waals surface area contributed by atoms with Crippen molar-refractivity contribution in [3.05, 3.63) is 56.3 Å². The molecule has 0 fully saturated rings. The highest BCUT2D eigenvalue weighted by molar-refractivity contribution is 7.14. The lowest BCUT2D eigenvalue weighted by molar-refractivity contribution is 0.104. The molecule has 0 N–H and O–H groups in total. The molecule has 0 bridgehead atoms. The van der Waals surface area contributed by atoms with Crippen molar-refractivity contribution in [1.82, 2.24) is 0 Å². The molecule has 0 radical (unpaired) electrons. The number of fused-ring (bicyclic) bond motifs is 1. The van der Waals surface area contributed by atoms with Crippen molar-refractivity contribution in [2.75, 3.05) is 0 Å². The minimum Gasteiger partial charge on any atom is -0.372 e. The summed E-state index contributed by atoms with van der Waals surface area (Å²) in [6.45, 7) is 5.38. The smallest absolute Gasteiger partial charge is 0.202 e. The van der Waals surface area contributed by atoms with Crippen molar-refractivity contribution in [2.24, 2.45) is 0 Å². The van der Waals surface area contributed by atoms with Crippen LogP contribution in [0.2, 0.25) is 0 Å². The van der Waals surface area contributed by atoms with E-state index in [2.05, 4.69) is 0 Å². The molecule has 0 saturated heterocycles. The highest BCUT2D eigenvalue weighted by Crippen LogP contribution is 2.26. The summed E-state index contributed by atoms with van der Waals surface area (Å²) in [4.78, 5) is 14.4. The number of carbonyl (C=O) groups excluding carboxylic acids is 1. The number of benzene rings is 1. The van der Waals surface area contributed by atoms with Gasteiger partial charge in [0, 0.05) is 10.4 Å². The number of aryl methyl sites for hydroxylation is 2. The maximum absolute atomic E-state index is 12.4. The van der Waals surface area contributed by atoms with Crippen LogP contribution in [0.25, 0.3) is 0 Å². The quantitative estimate of drug-likeness (QED) is 0.769. The molecule has 2 nitrogen and oxygen atoms in total. The second-order valence-corrected chi connectivity index (χ2v) is 5.91. The highest BCUT2D eigenvalue weighted by atomic mass is 32.1. The Labute approximate surface area is 110 Å². The van der Waals surface area contributed by atoms with Crippen LogP contribution in [0.3, 0.4) is 0 Å². The first-order valence-electron chi connectivity index (χ1n) is 5.96. The van der Waals surface area contributed by atoms with Gasteiger partial charge in [0.25, 0.3) is 0 Å². The minimum absolute atomic E-state index is 0.117. The predicted molar refractivity (Wildman–Crippen MR) is 72.2 cm³/mol. The SMILES string of the molecule is Cc1cc(C(=O)c2ccc3c(c2)COC3)sc1C. The third-order valence-corrected chi connectivity index (χ3v) is 4.52. The van der Waals surface area contributed by atoms with Gasteiger partial charge in [-0.25, -0.2) is 0 Å². The second kappa shape index (κ2) is 4.34. The van der Waals surface area contributed by atoms with Crippen LogP contribution in [0.1, 0.15) is 36.8 Å². The summed E-state index contributed by atoms with van der Waals surface area (Å²) < 4.78 is 5.37. The van der Waals surface area contributed by atoms with Crippen molar-refractivity contribution in [3.8, 4) is 0 Å². The van der Waals surface area contributed by atoms with Crippen LogP contribution in [0, 0.1) is 13.8 Å². The molecule has 0 atom stereocenters. The standard InChI is InChI=1S/C15H14O2S/c1-9-5-14(18-10(9)2)15(16)11-3-4-12-7-17-8-13(12)6-11/h3-6H,7-8H2,1-2H3. The van der Waals surface area contributed by atoms with Crippen LogP contribution in [0.4, 0.5) is 0 Å². The molecule has 2 heterocycles. The number of rotatable bonds is 2. The Morgan fingerprint density at radius 3 is 2.67 bits per heavy atom. The molecule has 92 valence electrons. The first-order valence-corrected chi connectivity index (χ1v) is 6.78. The van der Waals surface area contributed by atoms with Gasteiger partial charge in [0.15, 0.2) is 0 Å². The van der Waals surface area contributed by atoms with Crippen molar-refractivity contribution >= 4 is 17.1 Å². The van der Waals surface area contributed by atoms with Gasteiger partial charge in [-0.2, -0.15) is 0 Å². The van der Waals surface area contributed by atoms with Crippen LogP contribution < -0.4 is 0 Å². The first kappa shape index (κ1) is 11.6. The first-order chi connectivity index (χ1) is 8.65. The van der Waals surface area contributed by atoms with Gasteiger partial charge in [0.05, 0.1) is 18.1 Å². The van der Waals surface area contributed by atoms with Gasteiger partial charge in [-0.3, -0.25) is 4.79 Å². The van der Waals surface area contributed by atoms with Crippen molar-refractivity contribution in [2.45, 2.75) is 27.1 Å². The van der Waals surface area contributed by atoms with Gasteiger partial charge in [-0.15, -0.1) is 11.3 Å². The zero-order chi connectivity index (χ0) is 12.7. The van der Waals surface area contributed by atoms with E-state index in [0.29, 0.717) is 13.2 Å². The Balaban J connectivity index is 1.97. The number of hydrogen-bond donors (Lipinski definition) is 0. The molecule has 0 unspecified atom stereocenters. The van der Waals surface area contributed by atoms with Gasteiger partial charge in [0.2, 0.25) is 5.78 Å². The van der Waals surface area contributed by atoms with Crippen molar-refractivity contribution < 1.29 is 9.53 Å². The van der Waals surface area contributed by atoms with Gasteiger partial charge in [0.1, 0.15) is 0 Å². The van der Waals surface area contributed by atoms with Gasteiger partial charge in [-0.1, -0.05) is 12.1 Å². The maximum Gasteiger partial charge on any atom is 0.202 e. The zero-order valence-electron chi connectivity index (χ0n) is 10.4. The number of ketones is 1. The maximum atomic E-state index is 12.4. The Hall–Kier alpha value is -1.45. The molecule has 2 aromatic rings. The summed E-state index contributed by atoms with van der Waals surface area (Å²) in [5.74, 6) is 0.117. The summed E-state index contributed by atoms with van der Waals surface area (Å²) in [7, 11) is 0. The fourth-order valence-electron chi connectivity index (χ4n) is 2.14. The Morgan fingerprint density at radius 2 is 1.94 bits per heavy atom. The molecule has 0 aliphatic carbocycles. The Bertz CT molecular complexity index is 606.